The van der Waals surface area contributed by atoms with Crippen molar-refractivity contribution in [2.75, 3.05) is 5.32 Å². The van der Waals surface area contributed by atoms with E-state index in [-0.39, 0.29) is 40.4 Å². The Hall–Kier alpha value is -2.25. The van der Waals surface area contributed by atoms with Gasteiger partial charge in [0.2, 0.25) is 0 Å². The van der Waals surface area contributed by atoms with Gasteiger partial charge < -0.3 is 20.3 Å². The maximum absolute atomic E-state index is 11.8. The Bertz CT molecular complexity index is 1180. The summed E-state index contributed by atoms with van der Waals surface area (Å²) in [6.07, 6.45) is 3.07. The standard InChI is InChI=1S/C26H29BrClNO5/c1-13(30)34-23-14(9-16(27)11-19(23)28)12-29-20-6-5-17(24(32)33)22(31)21(20)18-10-15-7-8-26(18,4)25(15,2)3/h5-6,9,11,15,18,29,31H,7-8,10,12H2,1-4H3,(H,32,33). The lowest BCUT2D eigenvalue weighted by atomic mass is 9.64. The number of ether oxygens (including phenoxy) is 1. The van der Waals surface area contributed by atoms with Gasteiger partial charge in [0.1, 0.15) is 11.3 Å². The summed E-state index contributed by atoms with van der Waals surface area (Å²) in [6.45, 7) is 8.40. The highest BCUT2D eigenvalue weighted by Gasteiger charge is 2.62. The van der Waals surface area contributed by atoms with E-state index < -0.39 is 11.9 Å². The van der Waals surface area contributed by atoms with Gasteiger partial charge in [0, 0.05) is 34.8 Å². The largest absolute Gasteiger partial charge is 0.507 e. The van der Waals surface area contributed by atoms with Crippen LogP contribution in [-0.2, 0) is 11.3 Å². The van der Waals surface area contributed by atoms with Crippen molar-refractivity contribution in [1.29, 1.82) is 0 Å². The van der Waals surface area contributed by atoms with Crippen molar-refractivity contribution in [3.05, 3.63) is 50.5 Å². The number of esters is 1. The molecule has 2 aromatic carbocycles. The summed E-state index contributed by atoms with van der Waals surface area (Å²) < 4.78 is 6.08. The molecule has 3 N–H and O–H groups in total. The predicted molar refractivity (Wildman–Crippen MR) is 135 cm³/mol. The van der Waals surface area contributed by atoms with Crippen LogP contribution in [0.3, 0.4) is 0 Å². The molecule has 6 nitrogen and oxygen atoms in total. The van der Waals surface area contributed by atoms with Crippen LogP contribution in [0, 0.1) is 16.7 Å². The average Bonchev–Trinajstić information content (AvgIpc) is 3.07. The van der Waals surface area contributed by atoms with E-state index in [0.29, 0.717) is 27.8 Å². The molecule has 2 aliphatic carbocycles. The van der Waals surface area contributed by atoms with Crippen LogP contribution in [0.5, 0.6) is 11.5 Å². The number of aromatic hydroxyl groups is 1. The zero-order valence-electron chi connectivity index (χ0n) is 19.7. The fourth-order valence-electron chi connectivity index (χ4n) is 6.12. The first kappa shape index (κ1) is 24.9. The zero-order valence-corrected chi connectivity index (χ0v) is 22.0. The number of carboxylic acid groups (broad SMARTS) is 1. The van der Waals surface area contributed by atoms with E-state index in [2.05, 4.69) is 42.0 Å². The molecule has 2 fully saturated rings. The van der Waals surface area contributed by atoms with Gasteiger partial charge in [-0.2, -0.15) is 0 Å². The number of hydrogen-bond acceptors (Lipinski definition) is 5. The molecule has 2 bridgehead atoms. The molecule has 0 saturated heterocycles. The monoisotopic (exact) mass is 549 g/mol. The number of fused-ring (bicyclic) bond motifs is 2. The van der Waals surface area contributed by atoms with Gasteiger partial charge in [-0.3, -0.25) is 4.79 Å². The Balaban J connectivity index is 1.76. The van der Waals surface area contributed by atoms with Crippen LogP contribution in [0.2, 0.25) is 5.02 Å². The smallest absolute Gasteiger partial charge is 0.339 e. The second-order valence-corrected chi connectivity index (χ2v) is 11.5. The molecule has 0 heterocycles. The fourth-order valence-corrected chi connectivity index (χ4v) is 7.04. The summed E-state index contributed by atoms with van der Waals surface area (Å²) in [5.41, 5.74) is 1.89. The number of carboxylic acids is 1. The van der Waals surface area contributed by atoms with Gasteiger partial charge in [-0.25, -0.2) is 4.79 Å². The van der Waals surface area contributed by atoms with E-state index in [1.165, 1.54) is 13.0 Å². The quantitative estimate of drug-likeness (QED) is 0.265. The number of anilines is 1. The summed E-state index contributed by atoms with van der Waals surface area (Å²) in [5, 5.41) is 24.5. The van der Waals surface area contributed by atoms with Crippen LogP contribution in [0.15, 0.2) is 28.7 Å². The van der Waals surface area contributed by atoms with Crippen molar-refractivity contribution in [1.82, 2.24) is 0 Å². The van der Waals surface area contributed by atoms with E-state index in [4.69, 9.17) is 16.3 Å². The predicted octanol–water partition coefficient (Wildman–Crippen LogP) is 6.97. The SMILES string of the molecule is CC(=O)Oc1c(Cl)cc(Br)cc1CNc1ccc(C(=O)O)c(O)c1C1CC2CCC1(C)C2(C)C. The normalized spacial score (nSPS) is 24.8. The summed E-state index contributed by atoms with van der Waals surface area (Å²) in [5.74, 6) is -1.02. The molecular weight excluding hydrogens is 522 g/mol. The number of carbonyl (C=O) groups is 2. The van der Waals surface area contributed by atoms with Crippen molar-refractivity contribution in [2.24, 2.45) is 16.7 Å². The Morgan fingerprint density at radius 1 is 1.26 bits per heavy atom. The van der Waals surface area contributed by atoms with Crippen molar-refractivity contribution >= 4 is 45.2 Å². The minimum absolute atomic E-state index is 0.0158. The van der Waals surface area contributed by atoms with Gasteiger partial charge in [-0.05, 0) is 66.2 Å². The van der Waals surface area contributed by atoms with Gasteiger partial charge >= 0.3 is 11.9 Å². The van der Waals surface area contributed by atoms with Gasteiger partial charge in [-0.15, -0.1) is 0 Å². The Morgan fingerprint density at radius 3 is 2.53 bits per heavy atom. The molecule has 2 aromatic rings. The fraction of sp³-hybridized carbons (Fsp3) is 0.462. The second-order valence-electron chi connectivity index (χ2n) is 10.2. The number of phenols is 1. The van der Waals surface area contributed by atoms with Crippen molar-refractivity contribution < 1.29 is 24.5 Å². The Kier molecular flexibility index (Phi) is 6.40. The van der Waals surface area contributed by atoms with Crippen molar-refractivity contribution in [2.45, 2.75) is 59.4 Å². The molecule has 0 aromatic heterocycles. The molecule has 182 valence electrons. The summed E-state index contributed by atoms with van der Waals surface area (Å²) in [6, 6.07) is 6.60. The molecule has 0 spiro atoms. The lowest BCUT2D eigenvalue weighted by molar-refractivity contribution is -0.131. The number of benzene rings is 2. The maximum Gasteiger partial charge on any atom is 0.339 e. The first-order valence-corrected chi connectivity index (χ1v) is 12.5. The molecule has 2 aliphatic rings. The molecule has 4 rings (SSSR count). The van der Waals surface area contributed by atoms with E-state index in [9.17, 15) is 19.8 Å². The van der Waals surface area contributed by atoms with Crippen LogP contribution >= 0.6 is 27.5 Å². The molecular formula is C26H29BrClNO5. The number of halogens is 2. The van der Waals surface area contributed by atoms with Crippen molar-refractivity contribution in [3.63, 3.8) is 0 Å². The zero-order chi connectivity index (χ0) is 25.0. The van der Waals surface area contributed by atoms with Crippen LogP contribution in [0.25, 0.3) is 0 Å². The summed E-state index contributed by atoms with van der Waals surface area (Å²) in [7, 11) is 0. The summed E-state index contributed by atoms with van der Waals surface area (Å²) >= 11 is 9.76. The Morgan fingerprint density at radius 2 is 1.97 bits per heavy atom. The third kappa shape index (κ3) is 3.97. The third-order valence-electron chi connectivity index (χ3n) is 8.39. The van der Waals surface area contributed by atoms with E-state index in [0.717, 1.165) is 23.7 Å². The lowest BCUT2D eigenvalue weighted by Crippen LogP contribution is -2.31. The van der Waals surface area contributed by atoms with E-state index in [1.54, 1.807) is 12.1 Å². The van der Waals surface area contributed by atoms with Crippen LogP contribution < -0.4 is 10.1 Å². The van der Waals surface area contributed by atoms with Gasteiger partial charge in [0.05, 0.1) is 5.02 Å². The van der Waals surface area contributed by atoms with Crippen molar-refractivity contribution in [3.8, 4) is 11.5 Å². The van der Waals surface area contributed by atoms with E-state index >= 15 is 0 Å². The minimum Gasteiger partial charge on any atom is -0.507 e. The van der Waals surface area contributed by atoms with Gasteiger partial charge in [-0.1, -0.05) is 48.3 Å². The summed E-state index contributed by atoms with van der Waals surface area (Å²) in [4.78, 5) is 23.4. The highest BCUT2D eigenvalue weighted by atomic mass is 79.9. The number of carbonyl (C=O) groups excluding carboxylic acids is 1. The molecule has 0 radical (unpaired) electrons. The molecule has 0 amide bonds. The highest BCUT2D eigenvalue weighted by molar-refractivity contribution is 9.10. The first-order chi connectivity index (χ1) is 15.9. The Labute approximate surface area is 212 Å². The number of hydrogen-bond donors (Lipinski definition) is 3. The molecule has 3 unspecified atom stereocenters. The number of aromatic carboxylic acids is 1. The molecule has 0 aliphatic heterocycles. The van der Waals surface area contributed by atoms with E-state index in [1.807, 2.05) is 6.07 Å². The van der Waals surface area contributed by atoms with Gasteiger partial charge in [0.15, 0.2) is 5.75 Å². The van der Waals surface area contributed by atoms with Crippen LogP contribution in [0.1, 0.15) is 74.4 Å². The lowest BCUT2D eigenvalue weighted by Gasteiger charge is -2.40. The molecule has 8 heteroatoms. The van der Waals surface area contributed by atoms with Crippen LogP contribution in [0.4, 0.5) is 5.69 Å². The second kappa shape index (κ2) is 8.76. The topological polar surface area (TPSA) is 95.9 Å². The first-order valence-electron chi connectivity index (χ1n) is 11.4. The molecule has 34 heavy (non-hydrogen) atoms. The minimum atomic E-state index is -1.16. The third-order valence-corrected chi connectivity index (χ3v) is 9.13. The molecule has 2 saturated carbocycles. The highest BCUT2D eigenvalue weighted by Crippen LogP contribution is 2.72. The number of nitrogens with one attached hydrogen (secondary N) is 1. The average molecular weight is 551 g/mol. The maximum atomic E-state index is 11.8. The molecule has 3 atom stereocenters. The number of rotatable bonds is 6. The van der Waals surface area contributed by atoms with Gasteiger partial charge in [0.25, 0.3) is 0 Å². The van der Waals surface area contributed by atoms with Crippen LogP contribution in [-0.4, -0.2) is 22.2 Å².